The first-order chi connectivity index (χ1) is 9.78. The summed E-state index contributed by atoms with van der Waals surface area (Å²) in [7, 11) is -2.89. The van der Waals surface area contributed by atoms with E-state index in [-0.39, 0.29) is 11.7 Å². The van der Waals surface area contributed by atoms with Gasteiger partial charge in [0.15, 0.2) is 0 Å². The molecule has 0 fully saturated rings. The average Bonchev–Trinajstić information content (AvgIpc) is 2.37. The summed E-state index contributed by atoms with van der Waals surface area (Å²) < 4.78 is 21.9. The van der Waals surface area contributed by atoms with Crippen molar-refractivity contribution in [3.63, 3.8) is 0 Å². The number of sulfone groups is 1. The summed E-state index contributed by atoms with van der Waals surface area (Å²) in [6.07, 6.45) is 2.37. The SMILES string of the molecule is Cc1ccc(N)cc1NC(=O)CCCSCCS(C)(=O)=O. The molecule has 7 heteroatoms. The second-order valence-electron chi connectivity index (χ2n) is 4.97. The third-order valence-corrected chi connectivity index (χ3v) is 5.10. The van der Waals surface area contributed by atoms with Crippen molar-refractivity contribution >= 4 is 38.9 Å². The van der Waals surface area contributed by atoms with Crippen LogP contribution >= 0.6 is 11.8 Å². The fourth-order valence-corrected chi connectivity index (χ4v) is 3.87. The minimum atomic E-state index is -2.89. The Bertz CT molecular complexity index is 586. The Morgan fingerprint density at radius 2 is 2.05 bits per heavy atom. The van der Waals surface area contributed by atoms with Crippen LogP contribution in [0.15, 0.2) is 18.2 Å². The monoisotopic (exact) mass is 330 g/mol. The lowest BCUT2D eigenvalue weighted by Gasteiger charge is -2.09. The van der Waals surface area contributed by atoms with E-state index in [9.17, 15) is 13.2 Å². The van der Waals surface area contributed by atoms with Gasteiger partial charge in [-0.05, 0) is 36.8 Å². The molecule has 0 saturated carbocycles. The molecule has 0 aromatic heterocycles. The third-order valence-electron chi connectivity index (χ3n) is 2.83. The summed E-state index contributed by atoms with van der Waals surface area (Å²) in [5, 5.41) is 2.84. The number of nitrogens with one attached hydrogen (secondary N) is 1. The number of nitrogen functional groups attached to an aromatic ring is 1. The normalized spacial score (nSPS) is 11.3. The van der Waals surface area contributed by atoms with E-state index in [2.05, 4.69) is 5.32 Å². The van der Waals surface area contributed by atoms with Crippen LogP contribution in [0.1, 0.15) is 18.4 Å². The van der Waals surface area contributed by atoms with Gasteiger partial charge in [0.2, 0.25) is 5.91 Å². The minimum absolute atomic E-state index is 0.0487. The highest BCUT2D eigenvalue weighted by molar-refractivity contribution is 8.00. The van der Waals surface area contributed by atoms with Crippen molar-refractivity contribution < 1.29 is 13.2 Å². The van der Waals surface area contributed by atoms with Gasteiger partial charge in [-0.3, -0.25) is 4.79 Å². The molecule has 0 radical (unpaired) electrons. The van der Waals surface area contributed by atoms with Crippen LogP contribution in [0.25, 0.3) is 0 Å². The summed E-state index contributed by atoms with van der Waals surface area (Å²) in [4.78, 5) is 11.8. The lowest BCUT2D eigenvalue weighted by atomic mass is 10.1. The van der Waals surface area contributed by atoms with Crippen molar-refractivity contribution in [1.29, 1.82) is 0 Å². The highest BCUT2D eigenvalue weighted by atomic mass is 32.2. The number of aryl methyl sites for hydroxylation is 1. The zero-order valence-electron chi connectivity index (χ0n) is 12.4. The molecule has 0 aliphatic heterocycles. The van der Waals surface area contributed by atoms with Gasteiger partial charge in [-0.2, -0.15) is 11.8 Å². The van der Waals surface area contributed by atoms with Crippen molar-refractivity contribution in [3.8, 4) is 0 Å². The van der Waals surface area contributed by atoms with Crippen LogP contribution in [0.5, 0.6) is 0 Å². The number of nitrogens with two attached hydrogens (primary N) is 1. The van der Waals surface area contributed by atoms with Crippen molar-refractivity contribution in [1.82, 2.24) is 0 Å². The van der Waals surface area contributed by atoms with Gasteiger partial charge in [-0.15, -0.1) is 0 Å². The Balaban J connectivity index is 2.24. The molecule has 1 aromatic carbocycles. The maximum atomic E-state index is 11.8. The molecule has 0 spiro atoms. The number of rotatable bonds is 8. The quantitative estimate of drug-likeness (QED) is 0.562. The molecule has 1 rings (SSSR count). The summed E-state index contributed by atoms with van der Waals surface area (Å²) in [6, 6.07) is 5.41. The van der Waals surface area contributed by atoms with Gasteiger partial charge in [-0.1, -0.05) is 6.07 Å². The standard InChI is InChI=1S/C14H22N2O3S2/c1-11-5-6-12(15)10-13(11)16-14(17)4-3-7-20-8-9-21(2,18)19/h5-6,10H,3-4,7-9,15H2,1-2H3,(H,16,17). The lowest BCUT2D eigenvalue weighted by Crippen LogP contribution is -2.13. The van der Waals surface area contributed by atoms with Gasteiger partial charge < -0.3 is 11.1 Å². The van der Waals surface area contributed by atoms with Gasteiger partial charge in [0.25, 0.3) is 0 Å². The lowest BCUT2D eigenvalue weighted by molar-refractivity contribution is -0.116. The molecule has 0 atom stereocenters. The van der Waals surface area contributed by atoms with E-state index in [4.69, 9.17) is 5.73 Å². The first-order valence-electron chi connectivity index (χ1n) is 6.69. The molecule has 118 valence electrons. The maximum Gasteiger partial charge on any atom is 0.224 e. The highest BCUT2D eigenvalue weighted by Gasteiger charge is 2.06. The van der Waals surface area contributed by atoms with Crippen molar-refractivity contribution in [2.24, 2.45) is 0 Å². The van der Waals surface area contributed by atoms with Crippen molar-refractivity contribution in [2.45, 2.75) is 19.8 Å². The van der Waals surface area contributed by atoms with Crippen molar-refractivity contribution in [3.05, 3.63) is 23.8 Å². The van der Waals surface area contributed by atoms with E-state index in [0.29, 0.717) is 17.9 Å². The van der Waals surface area contributed by atoms with E-state index in [0.717, 1.165) is 23.4 Å². The topological polar surface area (TPSA) is 89.3 Å². The molecular weight excluding hydrogens is 308 g/mol. The number of anilines is 2. The van der Waals surface area contributed by atoms with Crippen molar-refractivity contribution in [2.75, 3.05) is 34.6 Å². The number of benzene rings is 1. The van der Waals surface area contributed by atoms with Crippen LogP contribution in [0.3, 0.4) is 0 Å². The van der Waals surface area contributed by atoms with E-state index in [1.54, 1.807) is 23.9 Å². The van der Waals surface area contributed by atoms with E-state index >= 15 is 0 Å². The van der Waals surface area contributed by atoms with Crippen LogP contribution in [-0.2, 0) is 14.6 Å². The van der Waals surface area contributed by atoms with Gasteiger partial charge in [-0.25, -0.2) is 8.42 Å². The zero-order valence-corrected chi connectivity index (χ0v) is 14.0. The first-order valence-corrected chi connectivity index (χ1v) is 9.91. The predicted molar refractivity (Wildman–Crippen MR) is 90.5 cm³/mol. The smallest absolute Gasteiger partial charge is 0.224 e. The van der Waals surface area contributed by atoms with Crippen LogP contribution in [0.2, 0.25) is 0 Å². The van der Waals surface area contributed by atoms with Gasteiger partial charge in [0, 0.05) is 29.8 Å². The summed E-state index contributed by atoms with van der Waals surface area (Å²) in [6.45, 7) is 1.91. The van der Waals surface area contributed by atoms with Gasteiger partial charge in [0.1, 0.15) is 9.84 Å². The maximum absolute atomic E-state index is 11.8. The Morgan fingerprint density at radius 3 is 2.71 bits per heavy atom. The number of hydrogen-bond acceptors (Lipinski definition) is 5. The highest BCUT2D eigenvalue weighted by Crippen LogP contribution is 2.18. The molecule has 0 aliphatic carbocycles. The fourth-order valence-electron chi connectivity index (χ4n) is 1.63. The molecule has 0 bridgehead atoms. The summed E-state index contributed by atoms with van der Waals surface area (Å²) in [5.41, 5.74) is 8.02. The summed E-state index contributed by atoms with van der Waals surface area (Å²) >= 11 is 1.55. The molecule has 0 saturated heterocycles. The van der Waals surface area contributed by atoms with Crippen LogP contribution in [0.4, 0.5) is 11.4 Å². The van der Waals surface area contributed by atoms with E-state index in [1.807, 2.05) is 13.0 Å². The number of carbonyl (C=O) groups is 1. The van der Waals surface area contributed by atoms with Crippen LogP contribution in [-0.4, -0.2) is 37.8 Å². The second-order valence-corrected chi connectivity index (χ2v) is 8.45. The van der Waals surface area contributed by atoms with Crippen LogP contribution < -0.4 is 11.1 Å². The number of amides is 1. The molecule has 0 heterocycles. The third kappa shape index (κ3) is 7.96. The number of hydrogen-bond donors (Lipinski definition) is 2. The Kier molecular flexibility index (Phi) is 7.04. The van der Waals surface area contributed by atoms with Gasteiger partial charge in [0.05, 0.1) is 5.75 Å². The Labute approximate surface area is 130 Å². The Hall–Kier alpha value is -1.21. The fraction of sp³-hybridized carbons (Fsp3) is 0.500. The van der Waals surface area contributed by atoms with E-state index < -0.39 is 9.84 Å². The molecular formula is C14H22N2O3S2. The largest absolute Gasteiger partial charge is 0.399 e. The van der Waals surface area contributed by atoms with Crippen LogP contribution in [0, 0.1) is 6.92 Å². The predicted octanol–water partition coefficient (Wildman–Crippen LogP) is 2.07. The zero-order chi connectivity index (χ0) is 15.9. The molecule has 1 amide bonds. The molecule has 0 unspecified atom stereocenters. The summed E-state index contributed by atoms with van der Waals surface area (Å²) in [5.74, 6) is 1.49. The average molecular weight is 330 g/mol. The second kappa shape index (κ2) is 8.29. The molecule has 1 aromatic rings. The Morgan fingerprint density at radius 1 is 1.33 bits per heavy atom. The molecule has 5 nitrogen and oxygen atoms in total. The van der Waals surface area contributed by atoms with E-state index in [1.165, 1.54) is 6.26 Å². The molecule has 0 aliphatic rings. The molecule has 21 heavy (non-hydrogen) atoms. The number of carbonyl (C=O) groups excluding carboxylic acids is 1. The molecule has 3 N–H and O–H groups in total. The number of thioether (sulfide) groups is 1. The first kappa shape index (κ1) is 17.8. The van der Waals surface area contributed by atoms with Gasteiger partial charge >= 0.3 is 0 Å². The minimum Gasteiger partial charge on any atom is -0.399 e.